The van der Waals surface area contributed by atoms with Crippen LogP contribution < -0.4 is 15.4 Å². The van der Waals surface area contributed by atoms with Crippen molar-refractivity contribution in [1.82, 2.24) is 20.8 Å². The maximum absolute atomic E-state index is 13.6. The Morgan fingerprint density at radius 2 is 1.28 bits per heavy atom. The first kappa shape index (κ1) is 42.8. The summed E-state index contributed by atoms with van der Waals surface area (Å²) >= 11 is 0. The van der Waals surface area contributed by atoms with Crippen molar-refractivity contribution < 1.29 is 23.5 Å². The van der Waals surface area contributed by atoms with Gasteiger partial charge < -0.3 is 24.5 Å². The lowest BCUT2D eigenvalue weighted by molar-refractivity contribution is -0.140. The summed E-state index contributed by atoms with van der Waals surface area (Å²) in [7, 11) is 0. The Labute approximate surface area is 320 Å². The van der Waals surface area contributed by atoms with Crippen LogP contribution in [0.25, 0.3) is 11.5 Å². The molecule has 3 saturated carbocycles. The summed E-state index contributed by atoms with van der Waals surface area (Å²) in [6.07, 6.45) is 22.9. The lowest BCUT2D eigenvalue weighted by Crippen LogP contribution is -2.60. The number of ether oxygens (including phenoxy) is 2. The van der Waals surface area contributed by atoms with Crippen LogP contribution in [-0.4, -0.2) is 53.9 Å². The van der Waals surface area contributed by atoms with Gasteiger partial charge in [0.15, 0.2) is 0 Å². The number of fused-ring (bicyclic) bond motifs is 3. The molecule has 2 amide bonds. The summed E-state index contributed by atoms with van der Waals surface area (Å²) in [6, 6.07) is 7.65. The van der Waals surface area contributed by atoms with Crippen LogP contribution in [0.3, 0.4) is 0 Å². The maximum atomic E-state index is 13.6. The van der Waals surface area contributed by atoms with Gasteiger partial charge in [0.2, 0.25) is 23.6 Å². The molecule has 9 nitrogen and oxygen atoms in total. The van der Waals surface area contributed by atoms with Gasteiger partial charge in [0.05, 0.1) is 19.8 Å². The smallest absolute Gasteiger partial charge is 0.247 e. The molecule has 1 aromatic carbocycles. The molecule has 2 bridgehead atoms. The van der Waals surface area contributed by atoms with E-state index in [1.54, 1.807) is 6.92 Å². The third-order valence-corrected chi connectivity index (χ3v) is 11.6. The number of amides is 2. The van der Waals surface area contributed by atoms with E-state index >= 15 is 0 Å². The molecular formula is C44H72N4O5. The van der Waals surface area contributed by atoms with Gasteiger partial charge in [-0.3, -0.25) is 9.59 Å². The lowest BCUT2D eigenvalue weighted by atomic mass is 9.56. The molecular weight excluding hydrogens is 665 g/mol. The molecule has 1 aromatic heterocycles. The fraction of sp³-hybridized carbons (Fsp3) is 0.773. The third kappa shape index (κ3) is 14.3. The van der Waals surface area contributed by atoms with E-state index < -0.39 is 0 Å². The summed E-state index contributed by atoms with van der Waals surface area (Å²) in [6.45, 7) is 14.7. The average molecular weight is 737 g/mol. The highest BCUT2D eigenvalue weighted by Gasteiger charge is 2.52. The van der Waals surface area contributed by atoms with Crippen molar-refractivity contribution in [3.63, 3.8) is 0 Å². The van der Waals surface area contributed by atoms with Gasteiger partial charge in [0.25, 0.3) is 0 Å². The molecule has 0 saturated heterocycles. The van der Waals surface area contributed by atoms with Crippen LogP contribution >= 0.6 is 0 Å². The van der Waals surface area contributed by atoms with Crippen LogP contribution in [-0.2, 0) is 14.3 Å². The van der Waals surface area contributed by atoms with E-state index in [4.69, 9.17) is 13.9 Å². The summed E-state index contributed by atoms with van der Waals surface area (Å²) in [5.74, 6) is 2.18. The zero-order valence-corrected chi connectivity index (χ0v) is 34.2. The molecule has 298 valence electrons. The van der Waals surface area contributed by atoms with Gasteiger partial charge in [-0.05, 0) is 69.2 Å². The SMILES string of the molecule is CCCCCCCCCCCCCCCC(=O)NC12CCC(C(=O)NCC(C)(C)COCC(C)(C)COc3ccc(-c4nnc(C)o4)cc3)(CC1)CC2. The largest absolute Gasteiger partial charge is 0.493 e. The number of unbranched alkanes of at least 4 members (excludes halogenated alkanes) is 12. The number of hydrogen-bond acceptors (Lipinski definition) is 7. The normalized spacial score (nSPS) is 20.0. The molecule has 3 fully saturated rings. The summed E-state index contributed by atoms with van der Waals surface area (Å²) < 4.78 is 17.8. The molecule has 0 aliphatic heterocycles. The molecule has 3 aliphatic rings. The molecule has 3 aliphatic carbocycles. The minimum Gasteiger partial charge on any atom is -0.493 e. The predicted molar refractivity (Wildman–Crippen MR) is 213 cm³/mol. The summed E-state index contributed by atoms with van der Waals surface area (Å²) in [4.78, 5) is 26.5. The molecule has 2 aromatic rings. The highest BCUT2D eigenvalue weighted by molar-refractivity contribution is 5.83. The van der Waals surface area contributed by atoms with E-state index in [0.29, 0.717) is 44.6 Å². The van der Waals surface area contributed by atoms with Gasteiger partial charge >= 0.3 is 0 Å². The number of nitrogens with one attached hydrogen (secondary N) is 2. The molecule has 0 unspecified atom stereocenters. The van der Waals surface area contributed by atoms with Crippen LogP contribution in [0.5, 0.6) is 5.75 Å². The third-order valence-electron chi connectivity index (χ3n) is 11.6. The highest BCUT2D eigenvalue weighted by Crippen LogP contribution is 2.52. The quantitative estimate of drug-likeness (QED) is 0.0924. The Morgan fingerprint density at radius 1 is 0.736 bits per heavy atom. The fourth-order valence-electron chi connectivity index (χ4n) is 7.96. The van der Waals surface area contributed by atoms with Crippen LogP contribution in [0.2, 0.25) is 0 Å². The molecule has 2 N–H and O–H groups in total. The van der Waals surface area contributed by atoms with Gasteiger partial charge in [-0.25, -0.2) is 0 Å². The minimum atomic E-state index is -0.305. The van der Waals surface area contributed by atoms with Crippen molar-refractivity contribution in [2.24, 2.45) is 16.2 Å². The van der Waals surface area contributed by atoms with Crippen molar-refractivity contribution in [3.8, 4) is 17.2 Å². The topological polar surface area (TPSA) is 116 Å². The lowest BCUT2D eigenvalue weighted by Gasteiger charge is -2.52. The molecule has 53 heavy (non-hydrogen) atoms. The molecule has 0 spiro atoms. The number of carbonyl (C=O) groups is 2. The number of aryl methyl sites for hydroxylation is 1. The van der Waals surface area contributed by atoms with Gasteiger partial charge in [-0.1, -0.05) is 112 Å². The molecule has 0 atom stereocenters. The number of nitrogens with zero attached hydrogens (tertiary/aromatic N) is 2. The number of aromatic nitrogens is 2. The van der Waals surface area contributed by atoms with Gasteiger partial charge in [0.1, 0.15) is 5.75 Å². The number of hydrogen-bond donors (Lipinski definition) is 2. The van der Waals surface area contributed by atoms with E-state index in [2.05, 4.69) is 55.4 Å². The molecule has 1 heterocycles. The average Bonchev–Trinajstić information content (AvgIpc) is 3.58. The first-order valence-corrected chi connectivity index (χ1v) is 21.1. The minimum absolute atomic E-state index is 0.114. The van der Waals surface area contributed by atoms with Gasteiger partial charge in [-0.2, -0.15) is 0 Å². The number of rotatable bonds is 26. The van der Waals surface area contributed by atoms with Crippen molar-refractivity contribution in [2.45, 2.75) is 175 Å². The number of carbonyl (C=O) groups excluding carboxylic acids is 2. The zero-order valence-electron chi connectivity index (χ0n) is 34.2. The van der Waals surface area contributed by atoms with E-state index in [1.807, 2.05) is 24.3 Å². The Kier molecular flexibility index (Phi) is 16.7. The van der Waals surface area contributed by atoms with Crippen LogP contribution in [0.15, 0.2) is 28.7 Å². The first-order valence-electron chi connectivity index (χ1n) is 21.1. The standard InChI is InChI=1S/C44H72N4O5/c1-7-8-9-10-11-12-13-14-15-16-17-18-19-20-38(49)46-44-28-25-43(26-29-44,27-30-44)40(50)45-31-41(3,4)32-51-33-42(5,6)34-52-37-23-21-36(22-24-37)39-48-47-35(2)53-39/h21-24H,7-20,25-34H2,1-6H3,(H,45,50)(H,46,49). The number of benzene rings is 1. The second kappa shape index (κ2) is 20.7. The van der Waals surface area contributed by atoms with E-state index in [0.717, 1.165) is 62.7 Å². The van der Waals surface area contributed by atoms with Crippen LogP contribution in [0.1, 0.15) is 169 Å². The Balaban J connectivity index is 1.05. The Hall–Kier alpha value is -2.94. The zero-order chi connectivity index (χ0) is 38.2. The van der Waals surface area contributed by atoms with Crippen molar-refractivity contribution in [2.75, 3.05) is 26.4 Å². The van der Waals surface area contributed by atoms with Crippen LogP contribution in [0, 0.1) is 23.2 Å². The summed E-state index contributed by atoms with van der Waals surface area (Å²) in [5.41, 5.74) is 0.0330. The Bertz CT molecular complexity index is 1360. The first-order chi connectivity index (χ1) is 25.3. The fourth-order valence-corrected chi connectivity index (χ4v) is 7.96. The molecule has 0 radical (unpaired) electrons. The van der Waals surface area contributed by atoms with Gasteiger partial charge in [-0.15, -0.1) is 10.2 Å². The maximum Gasteiger partial charge on any atom is 0.247 e. The monoisotopic (exact) mass is 737 g/mol. The van der Waals surface area contributed by atoms with E-state index in [9.17, 15) is 9.59 Å². The van der Waals surface area contributed by atoms with Crippen molar-refractivity contribution in [3.05, 3.63) is 30.2 Å². The molecule has 9 heteroatoms. The highest BCUT2D eigenvalue weighted by atomic mass is 16.5. The molecule has 5 rings (SSSR count). The predicted octanol–water partition coefficient (Wildman–Crippen LogP) is 10.3. The van der Waals surface area contributed by atoms with Gasteiger partial charge in [0, 0.05) is 47.2 Å². The van der Waals surface area contributed by atoms with Crippen molar-refractivity contribution >= 4 is 11.8 Å². The second-order valence-corrected chi connectivity index (χ2v) is 18.0. The summed E-state index contributed by atoms with van der Waals surface area (Å²) in [5, 5.41) is 14.7. The van der Waals surface area contributed by atoms with E-state index in [1.165, 1.54) is 70.6 Å². The Morgan fingerprint density at radius 3 is 1.83 bits per heavy atom. The second-order valence-electron chi connectivity index (χ2n) is 18.0. The van der Waals surface area contributed by atoms with Crippen LogP contribution in [0.4, 0.5) is 0 Å². The van der Waals surface area contributed by atoms with E-state index in [-0.39, 0.29) is 33.6 Å². The van der Waals surface area contributed by atoms with Crippen molar-refractivity contribution in [1.29, 1.82) is 0 Å².